The van der Waals surface area contributed by atoms with Gasteiger partial charge in [0.2, 0.25) is 0 Å². The predicted octanol–water partition coefficient (Wildman–Crippen LogP) is 0.665. The molecule has 26 heavy (non-hydrogen) atoms. The molecule has 2 rings (SSSR count). The first-order valence-electron chi connectivity index (χ1n) is 8.02. The minimum Gasteiger partial charge on any atom is -0.451 e. The molecule has 9 nitrogen and oxygen atoms in total. The topological polar surface area (TPSA) is 119 Å². The van der Waals surface area contributed by atoms with Crippen LogP contribution in [0.4, 0.5) is 4.79 Å². The summed E-state index contributed by atoms with van der Waals surface area (Å²) in [5.74, 6) is -1.49. The summed E-state index contributed by atoms with van der Waals surface area (Å²) in [5.41, 5.74) is -0.364. The molecule has 0 unspecified atom stereocenters. The van der Waals surface area contributed by atoms with E-state index in [-0.39, 0.29) is 17.2 Å². The fourth-order valence-electron chi connectivity index (χ4n) is 2.28. The van der Waals surface area contributed by atoms with Gasteiger partial charge in [-0.2, -0.15) is 5.10 Å². The normalized spacial score (nSPS) is 10.6. The van der Waals surface area contributed by atoms with E-state index in [2.05, 4.69) is 10.4 Å². The summed E-state index contributed by atoms with van der Waals surface area (Å²) >= 11 is 0. The monoisotopic (exact) mass is 360 g/mol. The van der Waals surface area contributed by atoms with Gasteiger partial charge in [-0.3, -0.25) is 14.9 Å². The number of hydrogen-bond acceptors (Lipinski definition) is 6. The molecule has 0 aliphatic carbocycles. The van der Waals surface area contributed by atoms with Crippen molar-refractivity contribution in [1.82, 2.24) is 20.4 Å². The van der Waals surface area contributed by atoms with Crippen LogP contribution in [0.5, 0.6) is 0 Å². The van der Waals surface area contributed by atoms with Crippen LogP contribution in [0.15, 0.2) is 29.1 Å². The minimum atomic E-state index is -0.856. The fourth-order valence-corrected chi connectivity index (χ4v) is 2.28. The number of hydrogen-bond donors (Lipinski definition) is 2. The van der Waals surface area contributed by atoms with E-state index in [1.54, 1.807) is 24.3 Å². The lowest BCUT2D eigenvalue weighted by molar-refractivity contribution is -0.123. The van der Waals surface area contributed by atoms with Gasteiger partial charge in [-0.05, 0) is 12.0 Å². The van der Waals surface area contributed by atoms with Gasteiger partial charge in [0.05, 0.1) is 5.39 Å². The third-order valence-electron chi connectivity index (χ3n) is 3.41. The van der Waals surface area contributed by atoms with E-state index in [1.807, 2.05) is 19.2 Å². The molecule has 0 aliphatic heterocycles. The summed E-state index contributed by atoms with van der Waals surface area (Å²) in [6.07, 6.45) is 0. The summed E-state index contributed by atoms with van der Waals surface area (Å²) in [4.78, 5) is 47.5. The molecule has 2 aromatic rings. The van der Waals surface area contributed by atoms with Gasteiger partial charge in [-0.25, -0.2) is 14.3 Å². The number of aromatic nitrogens is 2. The lowest BCUT2D eigenvalue weighted by atomic mass is 10.1. The maximum Gasteiger partial charge on any atom is 0.359 e. The van der Waals surface area contributed by atoms with Crippen LogP contribution in [0.2, 0.25) is 0 Å². The molecule has 0 bridgehead atoms. The van der Waals surface area contributed by atoms with Gasteiger partial charge in [0.15, 0.2) is 12.3 Å². The number of benzene rings is 1. The van der Waals surface area contributed by atoms with Crippen LogP contribution in [-0.4, -0.2) is 41.3 Å². The van der Waals surface area contributed by atoms with Gasteiger partial charge in [-0.15, -0.1) is 0 Å². The average Bonchev–Trinajstić information content (AvgIpc) is 2.61. The molecule has 0 saturated heterocycles. The number of ether oxygens (including phenoxy) is 1. The van der Waals surface area contributed by atoms with Gasteiger partial charge in [0, 0.05) is 19.0 Å². The highest BCUT2D eigenvalue weighted by Crippen LogP contribution is 2.14. The molecule has 0 saturated carbocycles. The van der Waals surface area contributed by atoms with E-state index >= 15 is 0 Å². The maximum absolute atomic E-state index is 12.5. The van der Waals surface area contributed by atoms with E-state index in [0.29, 0.717) is 17.3 Å². The van der Waals surface area contributed by atoms with Crippen LogP contribution < -0.4 is 16.2 Å². The minimum absolute atomic E-state index is 0.0615. The Morgan fingerprint density at radius 2 is 1.85 bits per heavy atom. The van der Waals surface area contributed by atoms with Gasteiger partial charge in [0.1, 0.15) is 0 Å². The number of imide groups is 1. The molecule has 0 spiro atoms. The molecular weight excluding hydrogens is 340 g/mol. The Hall–Kier alpha value is -3.23. The summed E-state index contributed by atoms with van der Waals surface area (Å²) in [6.45, 7) is 3.53. The summed E-state index contributed by atoms with van der Waals surface area (Å²) < 4.78 is 6.15. The van der Waals surface area contributed by atoms with Crippen molar-refractivity contribution in [3.8, 4) is 0 Å². The lowest BCUT2D eigenvalue weighted by Crippen LogP contribution is -2.39. The van der Waals surface area contributed by atoms with Gasteiger partial charge < -0.3 is 10.1 Å². The Balaban J connectivity index is 2.31. The zero-order chi connectivity index (χ0) is 19.3. The van der Waals surface area contributed by atoms with E-state index in [4.69, 9.17) is 4.74 Å². The summed E-state index contributed by atoms with van der Waals surface area (Å²) in [6, 6.07) is 5.84. The SMILES string of the molecule is CNC(=O)NC(=O)COC(=O)c1nn(CC(C)C)c(=O)c2ccccc12. The second kappa shape index (κ2) is 8.24. The zero-order valence-corrected chi connectivity index (χ0v) is 14.7. The molecule has 9 heteroatoms. The summed E-state index contributed by atoms with van der Waals surface area (Å²) in [5, 5.41) is 8.98. The molecule has 1 heterocycles. The smallest absolute Gasteiger partial charge is 0.359 e. The standard InChI is InChI=1S/C17H20N4O5/c1-10(2)8-21-15(23)12-7-5-4-6-11(12)14(20-21)16(24)26-9-13(22)19-17(25)18-3/h4-7,10H,8-9H2,1-3H3,(H2,18,19,22,25). The molecule has 3 amide bonds. The van der Waals surface area contributed by atoms with E-state index in [1.165, 1.54) is 11.7 Å². The van der Waals surface area contributed by atoms with Crippen molar-refractivity contribution in [2.45, 2.75) is 20.4 Å². The van der Waals surface area contributed by atoms with Gasteiger partial charge in [-0.1, -0.05) is 32.0 Å². The Bertz CT molecular complexity index is 904. The molecule has 1 aromatic heterocycles. The number of amides is 3. The maximum atomic E-state index is 12.5. The molecule has 138 valence electrons. The Labute approximate surface area is 149 Å². The quantitative estimate of drug-likeness (QED) is 0.756. The highest BCUT2D eigenvalue weighted by Gasteiger charge is 2.19. The number of carbonyl (C=O) groups is 3. The number of rotatable bonds is 5. The third kappa shape index (κ3) is 4.44. The first-order valence-corrected chi connectivity index (χ1v) is 8.02. The van der Waals surface area contributed by atoms with Crippen molar-refractivity contribution >= 4 is 28.7 Å². The second-order valence-corrected chi connectivity index (χ2v) is 5.98. The molecule has 0 fully saturated rings. The zero-order valence-electron chi connectivity index (χ0n) is 14.7. The van der Waals surface area contributed by atoms with Crippen molar-refractivity contribution in [3.05, 3.63) is 40.3 Å². The van der Waals surface area contributed by atoms with Crippen LogP contribution >= 0.6 is 0 Å². The first kappa shape index (κ1) is 19.1. The highest BCUT2D eigenvalue weighted by atomic mass is 16.5. The lowest BCUT2D eigenvalue weighted by Gasteiger charge is -2.12. The van der Waals surface area contributed by atoms with Crippen LogP contribution in [0.3, 0.4) is 0 Å². The van der Waals surface area contributed by atoms with Crippen molar-refractivity contribution in [3.63, 3.8) is 0 Å². The number of urea groups is 1. The molecule has 0 radical (unpaired) electrons. The van der Waals surface area contributed by atoms with Crippen LogP contribution in [-0.2, 0) is 16.1 Å². The molecule has 0 atom stereocenters. The van der Waals surface area contributed by atoms with Crippen molar-refractivity contribution < 1.29 is 19.1 Å². The van der Waals surface area contributed by atoms with Gasteiger partial charge in [0.25, 0.3) is 11.5 Å². The summed E-state index contributed by atoms with van der Waals surface area (Å²) in [7, 11) is 1.35. The highest BCUT2D eigenvalue weighted by molar-refractivity contribution is 6.03. The van der Waals surface area contributed by atoms with Crippen LogP contribution in [0.25, 0.3) is 10.8 Å². The Morgan fingerprint density at radius 1 is 1.19 bits per heavy atom. The fraction of sp³-hybridized carbons (Fsp3) is 0.353. The molecular formula is C17H20N4O5. The third-order valence-corrected chi connectivity index (χ3v) is 3.41. The van der Waals surface area contributed by atoms with E-state index in [0.717, 1.165) is 0 Å². The number of carbonyl (C=O) groups excluding carboxylic acids is 3. The number of esters is 1. The Kier molecular flexibility index (Phi) is 6.05. The predicted molar refractivity (Wildman–Crippen MR) is 93.7 cm³/mol. The molecule has 2 N–H and O–H groups in total. The Morgan fingerprint density at radius 3 is 2.46 bits per heavy atom. The number of nitrogens with zero attached hydrogens (tertiary/aromatic N) is 2. The molecule has 1 aromatic carbocycles. The van der Waals surface area contributed by atoms with Crippen molar-refractivity contribution in [2.75, 3.05) is 13.7 Å². The van der Waals surface area contributed by atoms with Gasteiger partial charge >= 0.3 is 12.0 Å². The van der Waals surface area contributed by atoms with E-state index < -0.39 is 24.5 Å². The average molecular weight is 360 g/mol. The van der Waals surface area contributed by atoms with Crippen LogP contribution in [0, 0.1) is 5.92 Å². The molecule has 0 aliphatic rings. The number of fused-ring (bicyclic) bond motifs is 1. The largest absolute Gasteiger partial charge is 0.451 e. The number of nitrogens with one attached hydrogen (secondary N) is 2. The van der Waals surface area contributed by atoms with E-state index in [9.17, 15) is 19.2 Å². The van der Waals surface area contributed by atoms with Crippen molar-refractivity contribution in [2.24, 2.45) is 5.92 Å². The van der Waals surface area contributed by atoms with Crippen LogP contribution in [0.1, 0.15) is 24.3 Å². The second-order valence-electron chi connectivity index (χ2n) is 5.98. The first-order chi connectivity index (χ1) is 12.3. The van der Waals surface area contributed by atoms with Crippen molar-refractivity contribution in [1.29, 1.82) is 0 Å².